The van der Waals surface area contributed by atoms with E-state index in [4.69, 9.17) is 4.42 Å². The van der Waals surface area contributed by atoms with Gasteiger partial charge in [-0.1, -0.05) is 48.5 Å². The van der Waals surface area contributed by atoms with Gasteiger partial charge in [-0.25, -0.2) is 12.7 Å². The van der Waals surface area contributed by atoms with Crippen LogP contribution >= 0.6 is 0 Å². The lowest BCUT2D eigenvalue weighted by molar-refractivity contribution is 0.439. The van der Waals surface area contributed by atoms with Crippen LogP contribution in [0.3, 0.4) is 0 Å². The molecule has 0 saturated carbocycles. The summed E-state index contributed by atoms with van der Waals surface area (Å²) in [5, 5.41) is 8.24. The highest BCUT2D eigenvalue weighted by molar-refractivity contribution is 7.88. The number of rotatable bonds is 5. The molecule has 0 radical (unpaired) electrons. The van der Waals surface area contributed by atoms with E-state index < -0.39 is 10.0 Å². The molecule has 26 heavy (non-hydrogen) atoms. The highest BCUT2D eigenvalue weighted by Gasteiger charge is 2.34. The van der Waals surface area contributed by atoms with Gasteiger partial charge in [0.25, 0.3) is 0 Å². The predicted octanol–water partition coefficient (Wildman–Crippen LogP) is 3.06. The van der Waals surface area contributed by atoms with Crippen molar-refractivity contribution in [1.82, 2.24) is 14.5 Å². The second-order valence-corrected chi connectivity index (χ2v) is 8.37. The van der Waals surface area contributed by atoms with Gasteiger partial charge in [0.15, 0.2) is 0 Å². The molecule has 1 aliphatic heterocycles. The molecule has 6 nitrogen and oxygen atoms in total. The fourth-order valence-corrected chi connectivity index (χ4v) is 4.74. The summed E-state index contributed by atoms with van der Waals surface area (Å²) in [7, 11) is -3.36. The van der Waals surface area contributed by atoms with Crippen LogP contribution in [-0.2, 0) is 15.8 Å². The highest BCUT2D eigenvalue weighted by Crippen LogP contribution is 2.30. The van der Waals surface area contributed by atoms with Crippen LogP contribution in [0.25, 0.3) is 11.5 Å². The summed E-state index contributed by atoms with van der Waals surface area (Å²) < 4.78 is 32.6. The van der Waals surface area contributed by atoms with E-state index in [0.29, 0.717) is 31.3 Å². The average molecular weight is 369 g/mol. The predicted molar refractivity (Wildman–Crippen MR) is 97.7 cm³/mol. The molecule has 1 aromatic heterocycles. The van der Waals surface area contributed by atoms with Crippen molar-refractivity contribution >= 4 is 10.0 Å². The van der Waals surface area contributed by atoms with E-state index in [1.54, 1.807) is 0 Å². The third kappa shape index (κ3) is 3.54. The van der Waals surface area contributed by atoms with E-state index >= 15 is 0 Å². The van der Waals surface area contributed by atoms with Crippen molar-refractivity contribution in [1.29, 1.82) is 0 Å². The Balaban J connectivity index is 1.46. The lowest BCUT2D eigenvalue weighted by atomic mass is 10.1. The Labute approximate surface area is 152 Å². The smallest absolute Gasteiger partial charge is 0.247 e. The first-order chi connectivity index (χ1) is 12.6. The zero-order chi connectivity index (χ0) is 18.0. The van der Waals surface area contributed by atoms with Crippen molar-refractivity contribution in [2.45, 2.75) is 18.1 Å². The van der Waals surface area contributed by atoms with E-state index in [-0.39, 0.29) is 11.7 Å². The van der Waals surface area contributed by atoms with Crippen molar-refractivity contribution < 1.29 is 12.8 Å². The molecule has 0 bridgehead atoms. The summed E-state index contributed by atoms with van der Waals surface area (Å²) in [5.41, 5.74) is 1.65. The molecule has 7 heteroatoms. The van der Waals surface area contributed by atoms with Crippen LogP contribution in [-0.4, -0.2) is 36.0 Å². The second kappa shape index (κ2) is 7.01. The molecule has 1 saturated heterocycles. The minimum Gasteiger partial charge on any atom is -0.420 e. The molecule has 0 N–H and O–H groups in total. The first-order valence-electron chi connectivity index (χ1n) is 8.52. The maximum absolute atomic E-state index is 12.7. The second-order valence-electron chi connectivity index (χ2n) is 6.40. The molecule has 1 unspecified atom stereocenters. The molecule has 0 spiro atoms. The molecular formula is C19H19N3O3S. The fourth-order valence-electron chi connectivity index (χ4n) is 3.16. The van der Waals surface area contributed by atoms with Crippen LogP contribution in [0.15, 0.2) is 65.1 Å². The van der Waals surface area contributed by atoms with Gasteiger partial charge < -0.3 is 4.42 Å². The SMILES string of the molecule is O=S(=O)(Cc1ccccc1)N1CCC(c2nnc(-c3ccccc3)o2)C1. The van der Waals surface area contributed by atoms with E-state index in [1.165, 1.54) is 4.31 Å². The molecule has 134 valence electrons. The van der Waals surface area contributed by atoms with E-state index in [2.05, 4.69) is 10.2 Å². The molecular weight excluding hydrogens is 350 g/mol. The first kappa shape index (κ1) is 16.9. The molecule has 2 heterocycles. The number of sulfonamides is 1. The molecule has 2 aromatic carbocycles. The van der Waals surface area contributed by atoms with E-state index in [1.807, 2.05) is 60.7 Å². The molecule has 0 amide bonds. The molecule has 0 aliphatic carbocycles. The quantitative estimate of drug-likeness (QED) is 0.691. The van der Waals surface area contributed by atoms with Crippen molar-refractivity contribution in [3.8, 4) is 11.5 Å². The van der Waals surface area contributed by atoms with Crippen LogP contribution in [0.2, 0.25) is 0 Å². The zero-order valence-electron chi connectivity index (χ0n) is 14.2. The topological polar surface area (TPSA) is 76.3 Å². The third-order valence-corrected chi connectivity index (χ3v) is 6.36. The fraction of sp³-hybridized carbons (Fsp3) is 0.263. The number of benzene rings is 2. The van der Waals surface area contributed by atoms with Crippen LogP contribution in [0, 0.1) is 0 Å². The number of nitrogens with zero attached hydrogens (tertiary/aromatic N) is 3. The minimum absolute atomic E-state index is 0.0136. The maximum Gasteiger partial charge on any atom is 0.247 e. The van der Waals surface area contributed by atoms with Gasteiger partial charge in [0.1, 0.15) is 0 Å². The molecule has 3 aromatic rings. The van der Waals surface area contributed by atoms with Gasteiger partial charge in [-0.3, -0.25) is 0 Å². The van der Waals surface area contributed by atoms with Gasteiger partial charge in [-0.2, -0.15) is 0 Å². The summed E-state index contributed by atoms with van der Waals surface area (Å²) in [6.45, 7) is 0.856. The lowest BCUT2D eigenvalue weighted by Gasteiger charge is -2.15. The maximum atomic E-state index is 12.7. The minimum atomic E-state index is -3.36. The zero-order valence-corrected chi connectivity index (χ0v) is 15.0. The van der Waals surface area contributed by atoms with Gasteiger partial charge in [0.2, 0.25) is 21.8 Å². The van der Waals surface area contributed by atoms with Crippen molar-refractivity contribution in [2.24, 2.45) is 0 Å². The summed E-state index contributed by atoms with van der Waals surface area (Å²) in [6, 6.07) is 18.8. The van der Waals surface area contributed by atoms with E-state index in [0.717, 1.165) is 11.1 Å². The summed E-state index contributed by atoms with van der Waals surface area (Å²) in [4.78, 5) is 0. The van der Waals surface area contributed by atoms with E-state index in [9.17, 15) is 8.42 Å². The molecule has 4 rings (SSSR count). The Morgan fingerprint density at radius 1 is 1.00 bits per heavy atom. The van der Waals surface area contributed by atoms with Gasteiger partial charge in [-0.15, -0.1) is 10.2 Å². The Morgan fingerprint density at radius 2 is 1.69 bits per heavy atom. The van der Waals surface area contributed by atoms with Gasteiger partial charge in [-0.05, 0) is 24.1 Å². The summed E-state index contributed by atoms with van der Waals surface area (Å²) in [5.74, 6) is 0.914. The van der Waals surface area contributed by atoms with Gasteiger partial charge >= 0.3 is 0 Å². The van der Waals surface area contributed by atoms with Crippen molar-refractivity contribution in [3.05, 3.63) is 72.1 Å². The highest BCUT2D eigenvalue weighted by atomic mass is 32.2. The van der Waals surface area contributed by atoms with Crippen LogP contribution in [0.5, 0.6) is 0 Å². The van der Waals surface area contributed by atoms with Crippen LogP contribution in [0.4, 0.5) is 0 Å². The van der Waals surface area contributed by atoms with Crippen molar-refractivity contribution in [3.63, 3.8) is 0 Å². The van der Waals surface area contributed by atoms with Gasteiger partial charge in [0, 0.05) is 18.7 Å². The standard InChI is InChI=1S/C19H19N3O3S/c23-26(24,14-15-7-3-1-4-8-15)22-12-11-17(13-22)19-21-20-18(25-19)16-9-5-2-6-10-16/h1-10,17H,11-14H2. The Kier molecular flexibility index (Phi) is 4.57. The third-order valence-electron chi connectivity index (χ3n) is 4.55. The average Bonchev–Trinajstić information content (AvgIpc) is 3.33. The lowest BCUT2D eigenvalue weighted by Crippen LogP contribution is -2.29. The molecule has 1 fully saturated rings. The van der Waals surface area contributed by atoms with Crippen molar-refractivity contribution in [2.75, 3.05) is 13.1 Å². The molecule has 1 aliphatic rings. The van der Waals surface area contributed by atoms with Gasteiger partial charge in [0.05, 0.1) is 11.7 Å². The summed E-state index contributed by atoms with van der Waals surface area (Å²) in [6.07, 6.45) is 0.685. The largest absolute Gasteiger partial charge is 0.420 e. The first-order valence-corrected chi connectivity index (χ1v) is 10.1. The molecule has 1 atom stereocenters. The Morgan fingerprint density at radius 3 is 2.42 bits per heavy atom. The Bertz CT molecular complexity index is 972. The number of aromatic nitrogens is 2. The van der Waals surface area contributed by atoms with Crippen LogP contribution in [0.1, 0.15) is 23.8 Å². The monoisotopic (exact) mass is 369 g/mol. The number of hydrogen-bond acceptors (Lipinski definition) is 5. The summed E-state index contributed by atoms with van der Waals surface area (Å²) >= 11 is 0. The normalized spacial score (nSPS) is 18.2. The Hall–Kier alpha value is -2.51. The number of hydrogen-bond donors (Lipinski definition) is 0. The van der Waals surface area contributed by atoms with Crippen LogP contribution < -0.4 is 0 Å².